The Morgan fingerprint density at radius 3 is 2.39 bits per heavy atom. The van der Waals surface area contributed by atoms with Crippen molar-refractivity contribution >= 4 is 11.3 Å². The zero-order valence-corrected chi connectivity index (χ0v) is 13.3. The van der Waals surface area contributed by atoms with Gasteiger partial charge in [-0.3, -0.25) is 4.90 Å². The first kappa shape index (κ1) is 16.5. The highest BCUT2D eigenvalue weighted by Gasteiger charge is 2.32. The molecule has 1 aliphatic carbocycles. The molecule has 1 heterocycles. The van der Waals surface area contributed by atoms with Gasteiger partial charge in [-0.2, -0.15) is 13.2 Å². The summed E-state index contributed by atoms with van der Waals surface area (Å²) < 4.78 is 37.8. The predicted molar refractivity (Wildman–Crippen MR) is 84.2 cm³/mol. The van der Waals surface area contributed by atoms with Gasteiger partial charge in [-0.1, -0.05) is 18.2 Å². The number of rotatable bonds is 6. The first-order valence-electron chi connectivity index (χ1n) is 7.55. The summed E-state index contributed by atoms with van der Waals surface area (Å²) in [6.07, 6.45) is -2.89. The standard InChI is InChI=1S/C17H18F3NOS/c18-17(19,20)13-5-3-12(4-6-13)16(22)11-21(14-7-8-14)10-15-2-1-9-23-15/h1-6,9,14,16,22H,7-8,10-11H2. The van der Waals surface area contributed by atoms with Crippen molar-refractivity contribution in [1.29, 1.82) is 0 Å². The summed E-state index contributed by atoms with van der Waals surface area (Å²) >= 11 is 1.68. The molecule has 1 unspecified atom stereocenters. The fourth-order valence-electron chi connectivity index (χ4n) is 2.61. The van der Waals surface area contributed by atoms with Crippen LogP contribution in [0.3, 0.4) is 0 Å². The number of nitrogens with zero attached hydrogens (tertiary/aromatic N) is 1. The molecule has 23 heavy (non-hydrogen) atoms. The largest absolute Gasteiger partial charge is 0.416 e. The van der Waals surface area contributed by atoms with E-state index in [2.05, 4.69) is 11.0 Å². The second-order valence-electron chi connectivity index (χ2n) is 5.88. The van der Waals surface area contributed by atoms with E-state index < -0.39 is 17.8 Å². The lowest BCUT2D eigenvalue weighted by atomic mass is 10.1. The van der Waals surface area contributed by atoms with Gasteiger partial charge in [0.05, 0.1) is 11.7 Å². The molecule has 0 radical (unpaired) electrons. The van der Waals surface area contributed by atoms with Crippen LogP contribution in [-0.2, 0) is 12.7 Å². The third kappa shape index (κ3) is 4.34. The maximum Gasteiger partial charge on any atom is 0.416 e. The average molecular weight is 341 g/mol. The van der Waals surface area contributed by atoms with Crippen LogP contribution in [0.4, 0.5) is 13.2 Å². The lowest BCUT2D eigenvalue weighted by molar-refractivity contribution is -0.137. The van der Waals surface area contributed by atoms with Gasteiger partial charge in [-0.05, 0) is 42.0 Å². The number of halogens is 3. The molecule has 0 amide bonds. The van der Waals surface area contributed by atoms with Gasteiger partial charge in [0, 0.05) is 24.0 Å². The van der Waals surface area contributed by atoms with E-state index in [1.165, 1.54) is 17.0 Å². The van der Waals surface area contributed by atoms with E-state index in [0.717, 1.165) is 31.5 Å². The van der Waals surface area contributed by atoms with Gasteiger partial charge < -0.3 is 5.11 Å². The highest BCUT2D eigenvalue weighted by molar-refractivity contribution is 7.09. The molecule has 1 aromatic heterocycles. The minimum atomic E-state index is -4.34. The van der Waals surface area contributed by atoms with Crippen LogP contribution >= 0.6 is 11.3 Å². The first-order valence-corrected chi connectivity index (χ1v) is 8.43. The van der Waals surface area contributed by atoms with Crippen LogP contribution in [0.25, 0.3) is 0 Å². The maximum absolute atomic E-state index is 12.6. The minimum Gasteiger partial charge on any atom is -0.387 e. The molecule has 0 saturated heterocycles. The Bertz CT molecular complexity index is 620. The number of aliphatic hydroxyl groups excluding tert-OH is 1. The lowest BCUT2D eigenvalue weighted by Crippen LogP contribution is -2.30. The van der Waals surface area contributed by atoms with Crippen LogP contribution in [-0.4, -0.2) is 22.6 Å². The van der Waals surface area contributed by atoms with Gasteiger partial charge in [-0.25, -0.2) is 0 Å². The Morgan fingerprint density at radius 2 is 1.87 bits per heavy atom. The Balaban J connectivity index is 1.65. The Hall–Kier alpha value is -1.37. The van der Waals surface area contributed by atoms with Crippen molar-refractivity contribution in [3.05, 3.63) is 57.8 Å². The summed E-state index contributed by atoms with van der Waals surface area (Å²) in [6.45, 7) is 1.22. The molecule has 0 spiro atoms. The number of hydrogen-bond donors (Lipinski definition) is 1. The first-order chi connectivity index (χ1) is 10.9. The van der Waals surface area contributed by atoms with E-state index in [-0.39, 0.29) is 0 Å². The van der Waals surface area contributed by atoms with Crippen molar-refractivity contribution in [3.8, 4) is 0 Å². The van der Waals surface area contributed by atoms with Gasteiger partial charge >= 0.3 is 6.18 Å². The van der Waals surface area contributed by atoms with Gasteiger partial charge in [0.1, 0.15) is 0 Å². The van der Waals surface area contributed by atoms with Gasteiger partial charge in [-0.15, -0.1) is 11.3 Å². The van der Waals surface area contributed by atoms with Crippen molar-refractivity contribution < 1.29 is 18.3 Å². The minimum absolute atomic E-state index is 0.438. The summed E-state index contributed by atoms with van der Waals surface area (Å²) in [5, 5.41) is 12.4. The summed E-state index contributed by atoms with van der Waals surface area (Å²) in [7, 11) is 0. The van der Waals surface area contributed by atoms with E-state index >= 15 is 0 Å². The summed E-state index contributed by atoms with van der Waals surface area (Å²) in [4.78, 5) is 3.45. The molecule has 1 atom stereocenters. The molecule has 1 saturated carbocycles. The molecule has 1 fully saturated rings. The summed E-state index contributed by atoms with van der Waals surface area (Å²) in [6, 6.07) is 9.31. The van der Waals surface area contributed by atoms with Crippen LogP contribution in [0.1, 0.15) is 34.9 Å². The van der Waals surface area contributed by atoms with E-state index in [9.17, 15) is 18.3 Å². The molecule has 2 nitrogen and oxygen atoms in total. The third-order valence-corrected chi connectivity index (χ3v) is 4.89. The van der Waals surface area contributed by atoms with Crippen LogP contribution < -0.4 is 0 Å². The summed E-state index contributed by atoms with van der Waals surface area (Å²) in [5.41, 5.74) is -0.166. The topological polar surface area (TPSA) is 23.5 Å². The number of hydrogen-bond acceptors (Lipinski definition) is 3. The highest BCUT2D eigenvalue weighted by atomic mass is 32.1. The van der Waals surface area contributed by atoms with E-state index in [4.69, 9.17) is 0 Å². The normalized spacial score (nSPS) is 16.7. The zero-order chi connectivity index (χ0) is 16.4. The van der Waals surface area contributed by atoms with Crippen molar-refractivity contribution in [2.45, 2.75) is 37.7 Å². The van der Waals surface area contributed by atoms with Crippen molar-refractivity contribution in [1.82, 2.24) is 4.90 Å². The Kier molecular flexibility index (Phi) is 4.75. The second-order valence-corrected chi connectivity index (χ2v) is 6.91. The van der Waals surface area contributed by atoms with Crippen molar-refractivity contribution in [3.63, 3.8) is 0 Å². The van der Waals surface area contributed by atoms with Crippen LogP contribution in [0.2, 0.25) is 0 Å². The number of alkyl halides is 3. The third-order valence-electron chi connectivity index (χ3n) is 4.03. The van der Waals surface area contributed by atoms with Crippen molar-refractivity contribution in [2.24, 2.45) is 0 Å². The quantitative estimate of drug-likeness (QED) is 0.838. The second kappa shape index (κ2) is 6.63. The average Bonchev–Trinajstić information content (AvgIpc) is 3.24. The van der Waals surface area contributed by atoms with Crippen LogP contribution in [0.15, 0.2) is 41.8 Å². The fourth-order valence-corrected chi connectivity index (χ4v) is 3.34. The van der Waals surface area contributed by atoms with Crippen LogP contribution in [0, 0.1) is 0 Å². The number of thiophene rings is 1. The van der Waals surface area contributed by atoms with E-state index in [1.54, 1.807) is 11.3 Å². The van der Waals surface area contributed by atoms with Crippen LogP contribution in [0.5, 0.6) is 0 Å². The van der Waals surface area contributed by atoms with Gasteiger partial charge in [0.15, 0.2) is 0 Å². The molecule has 124 valence electrons. The molecule has 2 aromatic rings. The highest BCUT2D eigenvalue weighted by Crippen LogP contribution is 2.32. The predicted octanol–water partition coefficient (Wildman–Crippen LogP) is 4.46. The van der Waals surface area contributed by atoms with Crippen molar-refractivity contribution in [2.75, 3.05) is 6.54 Å². The molecular weight excluding hydrogens is 323 g/mol. The Labute approximate surface area is 137 Å². The van der Waals surface area contributed by atoms with Gasteiger partial charge in [0.25, 0.3) is 0 Å². The molecule has 6 heteroatoms. The number of aliphatic hydroxyl groups is 1. The molecule has 0 aliphatic heterocycles. The smallest absolute Gasteiger partial charge is 0.387 e. The van der Waals surface area contributed by atoms with E-state index in [1.807, 2.05) is 11.4 Å². The monoisotopic (exact) mass is 341 g/mol. The molecule has 1 aromatic carbocycles. The van der Waals surface area contributed by atoms with E-state index in [0.29, 0.717) is 18.2 Å². The Morgan fingerprint density at radius 1 is 1.17 bits per heavy atom. The van der Waals surface area contributed by atoms with Gasteiger partial charge in [0.2, 0.25) is 0 Å². The molecule has 1 aliphatic rings. The zero-order valence-electron chi connectivity index (χ0n) is 12.5. The number of benzene rings is 1. The summed E-state index contributed by atoms with van der Waals surface area (Å²) in [5.74, 6) is 0. The SMILES string of the molecule is OC(CN(Cc1cccs1)C1CC1)c1ccc(C(F)(F)F)cc1. The molecule has 3 rings (SSSR count). The fraction of sp³-hybridized carbons (Fsp3) is 0.412. The molecule has 1 N–H and O–H groups in total. The lowest BCUT2D eigenvalue weighted by Gasteiger charge is -2.24. The molecular formula is C17H18F3NOS. The molecule has 0 bridgehead atoms. The maximum atomic E-state index is 12.6.